The number of pyridine rings is 1. The molecule has 2 heterocycles. The largest absolute Gasteiger partial charge is 0.339 e. The number of benzene rings is 2. The van der Waals surface area contributed by atoms with Gasteiger partial charge in [-0.2, -0.15) is 0 Å². The molecule has 0 atom stereocenters. The monoisotopic (exact) mass is 385 g/mol. The normalized spacial score (nSPS) is 14.4. The number of hydrogen-bond acceptors (Lipinski definition) is 3. The van der Waals surface area contributed by atoms with Crippen LogP contribution >= 0.6 is 0 Å². The third-order valence-corrected chi connectivity index (χ3v) is 5.30. The van der Waals surface area contributed by atoms with E-state index in [2.05, 4.69) is 4.98 Å². The topological polar surface area (TPSA) is 53.5 Å². The number of rotatable bonds is 3. The lowest BCUT2D eigenvalue weighted by Crippen LogP contribution is -2.43. The van der Waals surface area contributed by atoms with Crippen molar-refractivity contribution in [2.75, 3.05) is 20.1 Å². The van der Waals surface area contributed by atoms with Gasteiger partial charge in [0.1, 0.15) is 5.69 Å². The molecule has 0 unspecified atom stereocenters. The lowest BCUT2D eigenvalue weighted by Gasteiger charge is -2.31. The number of carbonyl (C=O) groups is 2. The molecule has 0 saturated carbocycles. The summed E-state index contributed by atoms with van der Waals surface area (Å²) in [6.45, 7) is 3.35. The molecule has 0 saturated heterocycles. The summed E-state index contributed by atoms with van der Waals surface area (Å²) in [4.78, 5) is 34.5. The summed E-state index contributed by atoms with van der Waals surface area (Å²) in [6.07, 6.45) is 1.68. The van der Waals surface area contributed by atoms with E-state index in [9.17, 15) is 9.59 Å². The highest BCUT2D eigenvalue weighted by atomic mass is 16.2. The lowest BCUT2D eigenvalue weighted by atomic mass is 9.93. The van der Waals surface area contributed by atoms with Crippen LogP contribution in [0.25, 0.3) is 11.1 Å². The Morgan fingerprint density at radius 3 is 2.21 bits per heavy atom. The van der Waals surface area contributed by atoms with Gasteiger partial charge in [0.05, 0.1) is 5.56 Å². The molecule has 2 aromatic carbocycles. The van der Waals surface area contributed by atoms with Crippen molar-refractivity contribution in [2.24, 2.45) is 0 Å². The van der Waals surface area contributed by atoms with Crippen LogP contribution in [0, 0.1) is 6.92 Å². The van der Waals surface area contributed by atoms with E-state index in [1.807, 2.05) is 72.5 Å². The number of carbonyl (C=O) groups excluding carboxylic acids is 2. The van der Waals surface area contributed by atoms with Gasteiger partial charge in [-0.05, 0) is 23.6 Å². The second-order valence-electron chi connectivity index (χ2n) is 7.34. The van der Waals surface area contributed by atoms with Crippen molar-refractivity contribution in [3.63, 3.8) is 0 Å². The highest BCUT2D eigenvalue weighted by Crippen LogP contribution is 2.31. The maximum atomic E-state index is 13.7. The standard InChI is InChI=1S/C24H23N3O2/c1-17-15-25-22-21(20(17)19-11-7-4-8-12-19)23(28)27(14-13-26(2)24(22)29)16-18-9-5-3-6-10-18/h3-12,15H,13-14,16H2,1-2H3. The SMILES string of the molecule is Cc1cnc2c(c1-c1ccccc1)C(=O)N(Cc1ccccc1)CCN(C)C2=O. The Kier molecular flexibility index (Phi) is 5.12. The highest BCUT2D eigenvalue weighted by Gasteiger charge is 2.32. The summed E-state index contributed by atoms with van der Waals surface area (Å²) in [5.41, 5.74) is 4.23. The van der Waals surface area contributed by atoms with Gasteiger partial charge in [-0.15, -0.1) is 0 Å². The third kappa shape index (κ3) is 3.63. The fraction of sp³-hybridized carbons (Fsp3) is 0.208. The molecule has 3 aromatic rings. The molecule has 0 spiro atoms. The van der Waals surface area contributed by atoms with Gasteiger partial charge in [-0.25, -0.2) is 4.98 Å². The zero-order chi connectivity index (χ0) is 20.4. The zero-order valence-corrected chi connectivity index (χ0v) is 16.6. The molecule has 2 amide bonds. The summed E-state index contributed by atoms with van der Waals surface area (Å²) in [5.74, 6) is -0.370. The van der Waals surface area contributed by atoms with Crippen LogP contribution in [-0.4, -0.2) is 46.7 Å². The van der Waals surface area contributed by atoms with Crippen LogP contribution in [0.15, 0.2) is 66.9 Å². The van der Waals surface area contributed by atoms with E-state index < -0.39 is 0 Å². The minimum absolute atomic E-state index is 0.152. The number of hydrogen-bond donors (Lipinski definition) is 0. The Hall–Kier alpha value is -3.47. The smallest absolute Gasteiger partial charge is 0.273 e. The van der Waals surface area contributed by atoms with Gasteiger partial charge in [0.2, 0.25) is 0 Å². The minimum atomic E-state index is -0.218. The van der Waals surface area contributed by atoms with Crippen LogP contribution in [0.1, 0.15) is 32.0 Å². The lowest BCUT2D eigenvalue weighted by molar-refractivity contribution is 0.0642. The Balaban J connectivity index is 1.88. The summed E-state index contributed by atoms with van der Waals surface area (Å²) in [7, 11) is 1.76. The van der Waals surface area contributed by atoms with Crippen LogP contribution in [-0.2, 0) is 6.54 Å². The molecule has 0 radical (unpaired) electrons. The van der Waals surface area contributed by atoms with Crippen molar-refractivity contribution in [1.82, 2.24) is 14.8 Å². The van der Waals surface area contributed by atoms with E-state index in [0.717, 1.165) is 22.3 Å². The summed E-state index contributed by atoms with van der Waals surface area (Å²) < 4.78 is 0. The van der Waals surface area contributed by atoms with Crippen LogP contribution in [0.5, 0.6) is 0 Å². The number of amides is 2. The van der Waals surface area contributed by atoms with E-state index in [-0.39, 0.29) is 17.5 Å². The van der Waals surface area contributed by atoms with Crippen molar-refractivity contribution in [3.05, 3.63) is 89.2 Å². The number of nitrogens with zero attached hydrogens (tertiary/aromatic N) is 3. The van der Waals surface area contributed by atoms with Crippen molar-refractivity contribution in [1.29, 1.82) is 0 Å². The molecule has 0 N–H and O–H groups in total. The van der Waals surface area contributed by atoms with Gasteiger partial charge in [0, 0.05) is 38.4 Å². The van der Waals surface area contributed by atoms with Gasteiger partial charge in [-0.3, -0.25) is 9.59 Å². The van der Waals surface area contributed by atoms with Crippen LogP contribution < -0.4 is 0 Å². The average molecular weight is 385 g/mol. The molecule has 5 nitrogen and oxygen atoms in total. The van der Waals surface area contributed by atoms with Gasteiger partial charge in [0.25, 0.3) is 11.8 Å². The second-order valence-corrected chi connectivity index (χ2v) is 7.34. The van der Waals surface area contributed by atoms with E-state index in [1.165, 1.54) is 0 Å². The highest BCUT2D eigenvalue weighted by molar-refractivity contribution is 6.11. The van der Waals surface area contributed by atoms with Gasteiger partial charge < -0.3 is 9.80 Å². The molecule has 1 aromatic heterocycles. The molecule has 0 aliphatic carbocycles. The van der Waals surface area contributed by atoms with Crippen molar-refractivity contribution >= 4 is 11.8 Å². The summed E-state index contributed by atoms with van der Waals surface area (Å²) >= 11 is 0. The van der Waals surface area contributed by atoms with Gasteiger partial charge in [0.15, 0.2) is 0 Å². The molecule has 1 aliphatic heterocycles. The molecule has 29 heavy (non-hydrogen) atoms. The number of aromatic nitrogens is 1. The van der Waals surface area contributed by atoms with Crippen molar-refractivity contribution < 1.29 is 9.59 Å². The fourth-order valence-electron chi connectivity index (χ4n) is 3.72. The first-order chi connectivity index (χ1) is 14.1. The average Bonchev–Trinajstić information content (AvgIpc) is 2.76. The third-order valence-electron chi connectivity index (χ3n) is 5.30. The fourth-order valence-corrected chi connectivity index (χ4v) is 3.72. The van der Waals surface area contributed by atoms with E-state index in [1.54, 1.807) is 18.1 Å². The first-order valence-electron chi connectivity index (χ1n) is 9.70. The van der Waals surface area contributed by atoms with Crippen molar-refractivity contribution in [3.8, 4) is 11.1 Å². The molecule has 1 aliphatic rings. The molecule has 0 fully saturated rings. The maximum Gasteiger partial charge on any atom is 0.273 e. The van der Waals surface area contributed by atoms with Crippen LogP contribution in [0.4, 0.5) is 0 Å². The molecular weight excluding hydrogens is 362 g/mol. The molecule has 0 bridgehead atoms. The summed E-state index contributed by atoms with van der Waals surface area (Å²) in [6, 6.07) is 19.6. The Morgan fingerprint density at radius 1 is 0.862 bits per heavy atom. The van der Waals surface area contributed by atoms with E-state index in [0.29, 0.717) is 25.2 Å². The Labute approximate surface area is 170 Å². The Bertz CT molecular complexity index is 1050. The number of aryl methyl sites for hydroxylation is 1. The number of likely N-dealkylation sites (N-methyl/N-ethyl adjacent to an activating group) is 1. The predicted octanol–water partition coefficient (Wildman–Crippen LogP) is 3.79. The quantitative estimate of drug-likeness (QED) is 0.689. The predicted molar refractivity (Wildman–Crippen MR) is 113 cm³/mol. The number of fused-ring (bicyclic) bond motifs is 1. The molecule has 146 valence electrons. The summed E-state index contributed by atoms with van der Waals surface area (Å²) in [5, 5.41) is 0. The first-order valence-corrected chi connectivity index (χ1v) is 9.70. The van der Waals surface area contributed by atoms with E-state index in [4.69, 9.17) is 0 Å². The van der Waals surface area contributed by atoms with Crippen LogP contribution in [0.3, 0.4) is 0 Å². The van der Waals surface area contributed by atoms with Gasteiger partial charge in [-0.1, -0.05) is 60.7 Å². The first kappa shape index (κ1) is 18.9. The maximum absolute atomic E-state index is 13.7. The second kappa shape index (κ2) is 7.87. The molecular formula is C24H23N3O2. The van der Waals surface area contributed by atoms with E-state index >= 15 is 0 Å². The molecule has 4 rings (SSSR count). The van der Waals surface area contributed by atoms with Crippen LogP contribution in [0.2, 0.25) is 0 Å². The minimum Gasteiger partial charge on any atom is -0.339 e. The molecule has 5 heteroatoms. The van der Waals surface area contributed by atoms with Gasteiger partial charge >= 0.3 is 0 Å². The Morgan fingerprint density at radius 2 is 1.52 bits per heavy atom. The zero-order valence-electron chi connectivity index (χ0n) is 16.6. The van der Waals surface area contributed by atoms with Crippen molar-refractivity contribution in [2.45, 2.75) is 13.5 Å².